The fourth-order valence-electron chi connectivity index (χ4n) is 1.72. The maximum atomic E-state index is 13.3. The Morgan fingerprint density at radius 2 is 2.30 bits per heavy atom. The molecule has 0 fully saturated rings. The molecule has 1 amide bonds. The number of hydrogen-bond donors (Lipinski definition) is 2. The third-order valence-corrected chi connectivity index (χ3v) is 3.38. The van der Waals surface area contributed by atoms with E-state index in [1.807, 2.05) is 0 Å². The second-order valence-electron chi connectivity index (χ2n) is 4.32. The van der Waals surface area contributed by atoms with Gasteiger partial charge in [-0.1, -0.05) is 0 Å². The highest BCUT2D eigenvalue weighted by atomic mass is 79.9. The van der Waals surface area contributed by atoms with E-state index in [1.165, 1.54) is 12.1 Å². The van der Waals surface area contributed by atoms with Crippen LogP contribution >= 0.6 is 15.9 Å². The van der Waals surface area contributed by atoms with Gasteiger partial charge in [-0.05, 0) is 40.5 Å². The highest BCUT2D eigenvalue weighted by Crippen LogP contribution is 2.24. The Balaban J connectivity index is 2.16. The minimum absolute atomic E-state index is 0.290. The van der Waals surface area contributed by atoms with Crippen LogP contribution in [0.15, 0.2) is 29.1 Å². The number of halogens is 2. The number of aryl methyl sites for hydroxylation is 1. The van der Waals surface area contributed by atoms with Gasteiger partial charge in [-0.3, -0.25) is 4.79 Å². The van der Waals surface area contributed by atoms with Crippen molar-refractivity contribution in [3.05, 3.63) is 46.2 Å². The number of carbonyl (C=O) groups is 1. The molecule has 0 saturated heterocycles. The normalized spacial score (nSPS) is 10.6. The molecule has 0 spiro atoms. The molecule has 1 heterocycles. The van der Waals surface area contributed by atoms with Gasteiger partial charge in [0.1, 0.15) is 11.5 Å². The van der Waals surface area contributed by atoms with Gasteiger partial charge in [0.05, 0.1) is 10.8 Å². The highest BCUT2D eigenvalue weighted by Gasteiger charge is 2.12. The number of nitrogens with zero attached hydrogens (tertiary/aromatic N) is 2. The van der Waals surface area contributed by atoms with Crippen molar-refractivity contribution < 1.29 is 9.18 Å². The van der Waals surface area contributed by atoms with Crippen molar-refractivity contribution in [3.63, 3.8) is 0 Å². The summed E-state index contributed by atoms with van der Waals surface area (Å²) < 4.78 is 15.4. The fraction of sp³-hybridized carbons (Fsp3) is 0.231. The zero-order valence-corrected chi connectivity index (χ0v) is 12.4. The number of aromatic nitrogens is 2. The molecule has 0 saturated carbocycles. The van der Waals surface area contributed by atoms with Crippen LogP contribution in [0, 0.1) is 12.7 Å². The number of benzene rings is 1. The zero-order chi connectivity index (χ0) is 14.7. The predicted molar refractivity (Wildman–Crippen MR) is 78.1 cm³/mol. The van der Waals surface area contributed by atoms with Crippen LogP contribution in [0.25, 0.3) is 0 Å². The number of imidazole rings is 1. The van der Waals surface area contributed by atoms with Crippen LogP contribution in [0.4, 0.5) is 10.1 Å². The van der Waals surface area contributed by atoms with Gasteiger partial charge >= 0.3 is 0 Å². The van der Waals surface area contributed by atoms with Crippen LogP contribution in [0.3, 0.4) is 0 Å². The number of anilines is 1. The van der Waals surface area contributed by atoms with Gasteiger partial charge in [-0.25, -0.2) is 9.37 Å². The van der Waals surface area contributed by atoms with E-state index in [1.54, 1.807) is 24.0 Å². The van der Waals surface area contributed by atoms with E-state index in [0.717, 1.165) is 0 Å². The average Bonchev–Trinajstić information content (AvgIpc) is 2.85. The summed E-state index contributed by atoms with van der Waals surface area (Å²) in [5, 5.41) is 2.71. The van der Waals surface area contributed by atoms with Gasteiger partial charge in [0.2, 0.25) is 0 Å². The van der Waals surface area contributed by atoms with Gasteiger partial charge in [-0.2, -0.15) is 0 Å². The Hall–Kier alpha value is -1.73. The molecule has 2 rings (SSSR count). The topological polar surface area (TPSA) is 72.9 Å². The van der Waals surface area contributed by atoms with Crippen LogP contribution in [0.5, 0.6) is 0 Å². The standard InChI is InChI=1S/C13H14BrFN4O/c1-8-4-10(15)9(14)5-11(8)18-13(20)12-6-19(3-2-16)7-17-12/h4-7H,2-3,16H2,1H3,(H,18,20). The van der Waals surface area contributed by atoms with Gasteiger partial charge in [-0.15, -0.1) is 0 Å². The number of carbonyl (C=O) groups excluding carboxylic acids is 1. The highest BCUT2D eigenvalue weighted by molar-refractivity contribution is 9.10. The first kappa shape index (κ1) is 14.7. The Morgan fingerprint density at radius 3 is 3.00 bits per heavy atom. The monoisotopic (exact) mass is 340 g/mol. The van der Waals surface area contributed by atoms with E-state index in [0.29, 0.717) is 34.5 Å². The van der Waals surface area contributed by atoms with Crippen LogP contribution in [0.1, 0.15) is 16.1 Å². The lowest BCUT2D eigenvalue weighted by molar-refractivity contribution is 0.102. The lowest BCUT2D eigenvalue weighted by Gasteiger charge is -2.08. The van der Waals surface area contributed by atoms with E-state index < -0.39 is 0 Å². The average molecular weight is 341 g/mol. The summed E-state index contributed by atoms with van der Waals surface area (Å²) in [5.74, 6) is -0.713. The second kappa shape index (κ2) is 6.15. The van der Waals surface area contributed by atoms with Crippen molar-refractivity contribution in [1.82, 2.24) is 9.55 Å². The molecule has 0 bridgehead atoms. The first-order chi connectivity index (χ1) is 9.51. The zero-order valence-electron chi connectivity index (χ0n) is 10.9. The van der Waals surface area contributed by atoms with E-state index in [2.05, 4.69) is 26.2 Å². The fourth-order valence-corrected chi connectivity index (χ4v) is 2.06. The lowest BCUT2D eigenvalue weighted by atomic mass is 10.2. The molecule has 1 aromatic heterocycles. The molecule has 3 N–H and O–H groups in total. The Kier molecular flexibility index (Phi) is 4.51. The van der Waals surface area contributed by atoms with E-state index in [-0.39, 0.29) is 11.7 Å². The summed E-state index contributed by atoms with van der Waals surface area (Å²) in [6, 6.07) is 2.88. The number of rotatable bonds is 4. The molecule has 5 nitrogen and oxygen atoms in total. The van der Waals surface area contributed by atoms with Crippen molar-refractivity contribution in [1.29, 1.82) is 0 Å². The molecule has 0 radical (unpaired) electrons. The molecule has 0 atom stereocenters. The van der Waals surface area contributed by atoms with Crippen LogP contribution in [0.2, 0.25) is 0 Å². The van der Waals surface area contributed by atoms with Crippen molar-refractivity contribution in [2.45, 2.75) is 13.5 Å². The quantitative estimate of drug-likeness (QED) is 0.896. The van der Waals surface area contributed by atoms with E-state index in [4.69, 9.17) is 5.73 Å². The Bertz CT molecular complexity index is 641. The van der Waals surface area contributed by atoms with Crippen molar-refractivity contribution in [3.8, 4) is 0 Å². The summed E-state index contributed by atoms with van der Waals surface area (Å²) >= 11 is 3.09. The summed E-state index contributed by atoms with van der Waals surface area (Å²) in [6.45, 7) is 2.79. The molecule has 20 heavy (non-hydrogen) atoms. The molecule has 2 aromatic rings. The third kappa shape index (κ3) is 3.23. The number of nitrogens with one attached hydrogen (secondary N) is 1. The summed E-state index contributed by atoms with van der Waals surface area (Å²) in [4.78, 5) is 16.1. The molecule has 0 aliphatic heterocycles. The van der Waals surface area contributed by atoms with Gasteiger partial charge in [0.15, 0.2) is 0 Å². The summed E-state index contributed by atoms with van der Waals surface area (Å²) in [6.07, 6.45) is 3.17. The second-order valence-corrected chi connectivity index (χ2v) is 5.18. The molecular formula is C13H14BrFN4O. The number of hydrogen-bond acceptors (Lipinski definition) is 3. The maximum absolute atomic E-state index is 13.3. The minimum Gasteiger partial charge on any atom is -0.335 e. The largest absolute Gasteiger partial charge is 0.335 e. The van der Waals surface area contributed by atoms with E-state index >= 15 is 0 Å². The van der Waals surface area contributed by atoms with E-state index in [9.17, 15) is 9.18 Å². The van der Waals surface area contributed by atoms with Gasteiger partial charge in [0.25, 0.3) is 5.91 Å². The molecule has 0 unspecified atom stereocenters. The third-order valence-electron chi connectivity index (χ3n) is 2.77. The van der Waals surface area contributed by atoms with Gasteiger partial charge < -0.3 is 15.6 Å². The van der Waals surface area contributed by atoms with Crippen molar-refractivity contribution in [2.24, 2.45) is 5.73 Å². The molecule has 7 heteroatoms. The summed E-state index contributed by atoms with van der Waals surface area (Å²) in [7, 11) is 0. The first-order valence-corrected chi connectivity index (χ1v) is 6.79. The Morgan fingerprint density at radius 1 is 1.55 bits per heavy atom. The first-order valence-electron chi connectivity index (χ1n) is 6.00. The predicted octanol–water partition coefficient (Wildman–Crippen LogP) is 2.30. The van der Waals surface area contributed by atoms with Crippen LogP contribution in [-0.2, 0) is 6.54 Å². The number of amides is 1. The summed E-state index contributed by atoms with van der Waals surface area (Å²) in [5.41, 5.74) is 6.90. The Labute approximate surface area is 124 Å². The van der Waals surface area contributed by atoms with Gasteiger partial charge in [0, 0.05) is 25.0 Å². The van der Waals surface area contributed by atoms with Crippen LogP contribution < -0.4 is 11.1 Å². The molecule has 0 aliphatic carbocycles. The van der Waals surface area contributed by atoms with Crippen molar-refractivity contribution >= 4 is 27.5 Å². The SMILES string of the molecule is Cc1cc(F)c(Br)cc1NC(=O)c1cn(CCN)cn1. The number of nitrogens with two attached hydrogens (primary N) is 1. The molecular weight excluding hydrogens is 327 g/mol. The lowest BCUT2D eigenvalue weighted by Crippen LogP contribution is -2.14. The molecule has 106 valence electrons. The molecule has 0 aliphatic rings. The van der Waals surface area contributed by atoms with Crippen LogP contribution in [-0.4, -0.2) is 22.0 Å². The maximum Gasteiger partial charge on any atom is 0.275 e. The van der Waals surface area contributed by atoms with Crippen molar-refractivity contribution in [2.75, 3.05) is 11.9 Å². The smallest absolute Gasteiger partial charge is 0.275 e. The minimum atomic E-state index is -0.368. The molecule has 1 aromatic carbocycles.